The number of imidazole rings is 2. The Morgan fingerprint density at radius 2 is 1.06 bits per heavy atom. The van der Waals surface area contributed by atoms with Crippen LogP contribution in [0.3, 0.4) is 0 Å². The van der Waals surface area contributed by atoms with Gasteiger partial charge in [0.05, 0.1) is 26.3 Å². The highest BCUT2D eigenvalue weighted by Crippen LogP contribution is 2.02. The first kappa shape index (κ1) is 29.9. The first-order chi connectivity index (χ1) is 14.3. The van der Waals surface area contributed by atoms with Crippen molar-refractivity contribution in [2.75, 3.05) is 13.2 Å². The van der Waals surface area contributed by atoms with Crippen molar-refractivity contribution in [1.29, 1.82) is 0 Å². The number of halogens is 2. The topological polar surface area (TPSA) is 36.1 Å². The highest BCUT2D eigenvalue weighted by Gasteiger charge is 2.05. The van der Waals surface area contributed by atoms with Gasteiger partial charge in [0.2, 0.25) is 12.7 Å². The van der Waals surface area contributed by atoms with Gasteiger partial charge in [-0.3, -0.25) is 0 Å². The number of hydrogen-bond acceptors (Lipinski definition) is 2. The summed E-state index contributed by atoms with van der Waals surface area (Å²) in [4.78, 5) is 0. The van der Waals surface area contributed by atoms with Crippen LogP contribution in [0.15, 0.2) is 37.4 Å². The largest absolute Gasteiger partial charge is 1.00 e. The van der Waals surface area contributed by atoms with E-state index in [0.717, 1.165) is 32.7 Å². The van der Waals surface area contributed by atoms with Crippen molar-refractivity contribution in [3.63, 3.8) is 0 Å². The summed E-state index contributed by atoms with van der Waals surface area (Å²) in [6.07, 6.45) is 24.0. The Hall–Kier alpha value is -1.08. The first-order valence-corrected chi connectivity index (χ1v) is 11.6. The molecule has 0 amide bonds. The van der Waals surface area contributed by atoms with Gasteiger partial charge in [-0.05, 0) is 32.1 Å². The Kier molecular flexibility index (Phi) is 18.9. The minimum Gasteiger partial charge on any atom is -1.00 e. The van der Waals surface area contributed by atoms with Crippen molar-refractivity contribution in [1.82, 2.24) is 9.13 Å². The zero-order valence-electron chi connectivity index (χ0n) is 19.4. The fraction of sp³-hybridized carbons (Fsp3) is 0.739. The number of hydrogen-bond donors (Lipinski definition) is 0. The molecule has 6 nitrogen and oxygen atoms in total. The Bertz CT molecular complexity index is 595. The molecule has 0 saturated carbocycles. The third kappa shape index (κ3) is 13.8. The quantitative estimate of drug-likeness (QED) is 0.185. The molecule has 8 heteroatoms. The fourth-order valence-corrected chi connectivity index (χ4v) is 3.34. The molecule has 2 rings (SSSR count). The van der Waals surface area contributed by atoms with E-state index in [4.69, 9.17) is 9.47 Å². The summed E-state index contributed by atoms with van der Waals surface area (Å²) in [6, 6.07) is 0. The second-order valence-electron chi connectivity index (χ2n) is 7.88. The van der Waals surface area contributed by atoms with Crippen molar-refractivity contribution in [2.24, 2.45) is 0 Å². The van der Waals surface area contributed by atoms with Gasteiger partial charge in [-0.25, -0.2) is 18.3 Å². The normalized spacial score (nSPS) is 10.6. The summed E-state index contributed by atoms with van der Waals surface area (Å²) in [5.41, 5.74) is 0. The molecule has 2 aromatic heterocycles. The van der Waals surface area contributed by atoms with Crippen LogP contribution in [0.1, 0.15) is 71.6 Å². The van der Waals surface area contributed by atoms with Crippen LogP contribution in [0.5, 0.6) is 0 Å². The third-order valence-corrected chi connectivity index (χ3v) is 5.09. The average molecular weight is 478 g/mol. The van der Waals surface area contributed by atoms with E-state index in [1.54, 1.807) is 0 Å². The summed E-state index contributed by atoms with van der Waals surface area (Å²) < 4.78 is 20.2. The molecule has 0 N–H and O–H groups in total. The Morgan fingerprint density at radius 1 is 0.613 bits per heavy atom. The standard InChI is InChI=1S/C23H42N4O2.2ClH/c1-3-5-7-9-12-24-14-16-26(20-24)22-28-18-11-19-29-23-27-17-15-25(21-27)13-10-8-6-4-2;;/h14-17,20-21H,3-13,18-19,22-23H2,1-2H3;2*1H/q+2;;/p-2. The molecular formula is C23H42Cl2N4O2. The lowest BCUT2D eigenvalue weighted by atomic mass is 10.2. The summed E-state index contributed by atoms with van der Waals surface area (Å²) in [5, 5.41) is 0. The van der Waals surface area contributed by atoms with Crippen LogP contribution in [-0.4, -0.2) is 22.3 Å². The zero-order valence-corrected chi connectivity index (χ0v) is 20.9. The van der Waals surface area contributed by atoms with E-state index in [0.29, 0.717) is 13.5 Å². The number of rotatable bonds is 18. The number of ether oxygens (including phenoxy) is 2. The van der Waals surface area contributed by atoms with Crippen molar-refractivity contribution in [2.45, 2.75) is 98.2 Å². The molecule has 0 aromatic carbocycles. The van der Waals surface area contributed by atoms with Crippen molar-refractivity contribution >= 4 is 0 Å². The molecule has 0 fully saturated rings. The minimum absolute atomic E-state index is 0. The molecule has 0 aliphatic heterocycles. The van der Waals surface area contributed by atoms with E-state index in [-0.39, 0.29) is 24.8 Å². The van der Waals surface area contributed by atoms with Crippen LogP contribution in [0.2, 0.25) is 0 Å². The Morgan fingerprint density at radius 3 is 1.48 bits per heavy atom. The van der Waals surface area contributed by atoms with Crippen molar-refractivity contribution in [3.05, 3.63) is 37.4 Å². The number of unbranched alkanes of at least 4 members (excludes halogenated alkanes) is 6. The molecule has 2 heterocycles. The molecule has 180 valence electrons. The van der Waals surface area contributed by atoms with E-state index < -0.39 is 0 Å². The lowest BCUT2D eigenvalue weighted by Gasteiger charge is -2.03. The number of aromatic nitrogens is 4. The maximum atomic E-state index is 5.76. The predicted octanol–water partition coefficient (Wildman–Crippen LogP) is -1.93. The summed E-state index contributed by atoms with van der Waals surface area (Å²) >= 11 is 0. The molecule has 2 aromatic rings. The summed E-state index contributed by atoms with van der Waals surface area (Å²) in [6.45, 7) is 9.35. The van der Waals surface area contributed by atoms with Gasteiger partial charge < -0.3 is 34.3 Å². The molecule has 0 spiro atoms. The first-order valence-electron chi connectivity index (χ1n) is 11.6. The van der Waals surface area contributed by atoms with E-state index in [9.17, 15) is 0 Å². The van der Waals surface area contributed by atoms with Crippen LogP contribution < -0.4 is 33.9 Å². The van der Waals surface area contributed by atoms with Gasteiger partial charge in [-0.15, -0.1) is 0 Å². The molecule has 0 bridgehead atoms. The Labute approximate surface area is 201 Å². The molecule has 0 saturated heterocycles. The highest BCUT2D eigenvalue weighted by molar-refractivity contribution is 4.66. The van der Waals surface area contributed by atoms with Crippen LogP contribution in [0, 0.1) is 0 Å². The van der Waals surface area contributed by atoms with E-state index in [2.05, 4.69) is 69.6 Å². The van der Waals surface area contributed by atoms with E-state index in [1.165, 1.54) is 51.4 Å². The molecule has 0 aliphatic rings. The molecule has 0 aliphatic carbocycles. The fourth-order valence-electron chi connectivity index (χ4n) is 3.34. The SMILES string of the molecule is CCCCCCn1cc[n+](COCCCOC[n+]2ccn(CCCCCC)c2)c1.[Cl-].[Cl-]. The van der Waals surface area contributed by atoms with Gasteiger partial charge in [0.1, 0.15) is 24.8 Å². The second-order valence-corrected chi connectivity index (χ2v) is 7.88. The average Bonchev–Trinajstić information content (AvgIpc) is 3.37. The van der Waals surface area contributed by atoms with Gasteiger partial charge >= 0.3 is 0 Å². The lowest BCUT2D eigenvalue weighted by molar-refractivity contribution is -0.733. The maximum absolute atomic E-state index is 5.76. The number of nitrogens with zero attached hydrogens (tertiary/aromatic N) is 4. The monoisotopic (exact) mass is 476 g/mol. The predicted molar refractivity (Wildman–Crippen MR) is 114 cm³/mol. The van der Waals surface area contributed by atoms with Gasteiger partial charge in [-0.1, -0.05) is 39.5 Å². The molecule has 0 unspecified atom stereocenters. The third-order valence-electron chi connectivity index (χ3n) is 5.09. The molecular weight excluding hydrogens is 435 g/mol. The smallest absolute Gasteiger partial charge is 0.245 e. The number of aryl methyl sites for hydroxylation is 2. The molecule has 0 radical (unpaired) electrons. The highest BCUT2D eigenvalue weighted by atomic mass is 35.5. The van der Waals surface area contributed by atoms with Gasteiger partial charge in [0.25, 0.3) is 0 Å². The Balaban J connectivity index is 0.00000450. The van der Waals surface area contributed by atoms with Crippen LogP contribution in [-0.2, 0) is 36.0 Å². The van der Waals surface area contributed by atoms with E-state index >= 15 is 0 Å². The van der Waals surface area contributed by atoms with Crippen LogP contribution in [0.4, 0.5) is 0 Å². The van der Waals surface area contributed by atoms with Crippen LogP contribution in [0.25, 0.3) is 0 Å². The second kappa shape index (κ2) is 19.6. The maximum Gasteiger partial charge on any atom is 0.245 e. The van der Waals surface area contributed by atoms with Crippen molar-refractivity contribution in [3.8, 4) is 0 Å². The van der Waals surface area contributed by atoms with E-state index in [1.807, 2.05) is 0 Å². The lowest BCUT2D eigenvalue weighted by Crippen LogP contribution is -3.00. The minimum atomic E-state index is 0. The zero-order chi connectivity index (χ0) is 20.6. The van der Waals surface area contributed by atoms with Crippen molar-refractivity contribution < 1.29 is 43.4 Å². The summed E-state index contributed by atoms with van der Waals surface area (Å²) in [7, 11) is 0. The van der Waals surface area contributed by atoms with Gasteiger partial charge in [0.15, 0.2) is 13.5 Å². The molecule has 0 atom stereocenters. The van der Waals surface area contributed by atoms with Gasteiger partial charge in [0, 0.05) is 0 Å². The van der Waals surface area contributed by atoms with Crippen LogP contribution >= 0.6 is 0 Å². The van der Waals surface area contributed by atoms with Gasteiger partial charge in [-0.2, -0.15) is 0 Å². The molecule has 31 heavy (non-hydrogen) atoms. The summed E-state index contributed by atoms with van der Waals surface area (Å²) in [5.74, 6) is 0.